The van der Waals surface area contributed by atoms with Crippen LogP contribution in [0.1, 0.15) is 17.9 Å². The number of rotatable bonds is 3. The summed E-state index contributed by atoms with van der Waals surface area (Å²) in [5.41, 5.74) is 1.44. The molecule has 1 aliphatic heterocycles. The first kappa shape index (κ1) is 10.8. The van der Waals surface area contributed by atoms with Crippen LogP contribution in [0, 0.1) is 0 Å². The largest absolute Gasteiger partial charge is 0.497 e. The van der Waals surface area contributed by atoms with Crippen molar-refractivity contribution in [3.63, 3.8) is 0 Å². The van der Waals surface area contributed by atoms with E-state index in [0.29, 0.717) is 5.92 Å². The van der Waals surface area contributed by atoms with E-state index >= 15 is 0 Å². The fourth-order valence-corrected chi connectivity index (χ4v) is 3.21. The Labute approximate surface area is 95.4 Å². The van der Waals surface area contributed by atoms with Gasteiger partial charge in [-0.05, 0) is 48.9 Å². The lowest BCUT2D eigenvalue weighted by atomic mass is 9.95. The monoisotopic (exact) mass is 223 g/mol. The van der Waals surface area contributed by atoms with Gasteiger partial charge in [-0.2, -0.15) is 0 Å². The smallest absolute Gasteiger partial charge is 0.119 e. The van der Waals surface area contributed by atoms with Crippen LogP contribution in [0.5, 0.6) is 5.75 Å². The minimum atomic E-state index is 0.640. The lowest BCUT2D eigenvalue weighted by Gasteiger charge is -2.25. The van der Waals surface area contributed by atoms with Crippen molar-refractivity contribution in [2.24, 2.45) is 0 Å². The van der Waals surface area contributed by atoms with Crippen LogP contribution in [-0.4, -0.2) is 26.5 Å². The van der Waals surface area contributed by atoms with E-state index in [-0.39, 0.29) is 0 Å². The van der Waals surface area contributed by atoms with Crippen LogP contribution in [-0.2, 0) is 0 Å². The summed E-state index contributed by atoms with van der Waals surface area (Å²) >= 11 is 1.95. The van der Waals surface area contributed by atoms with E-state index < -0.39 is 0 Å². The number of hydrogen-bond acceptors (Lipinski definition) is 3. The van der Waals surface area contributed by atoms with Crippen LogP contribution >= 0.6 is 11.8 Å². The standard InChI is InChI=1S/C12H17NOS/c1-13-8-9-5-6-15-12-4-3-10(14-2)7-11(9)12/h3-4,7,9,13H,5-6,8H2,1-2H3. The molecule has 0 amide bonds. The van der Waals surface area contributed by atoms with E-state index in [2.05, 4.69) is 17.4 Å². The highest BCUT2D eigenvalue weighted by molar-refractivity contribution is 7.99. The Morgan fingerprint density at radius 3 is 3.13 bits per heavy atom. The van der Waals surface area contributed by atoms with Crippen LogP contribution in [0.4, 0.5) is 0 Å². The van der Waals surface area contributed by atoms with Crippen molar-refractivity contribution in [2.45, 2.75) is 17.2 Å². The van der Waals surface area contributed by atoms with Gasteiger partial charge in [-0.15, -0.1) is 11.8 Å². The average molecular weight is 223 g/mol. The Morgan fingerprint density at radius 2 is 2.40 bits per heavy atom. The molecular weight excluding hydrogens is 206 g/mol. The maximum atomic E-state index is 5.28. The topological polar surface area (TPSA) is 21.3 Å². The zero-order chi connectivity index (χ0) is 10.7. The SMILES string of the molecule is CNCC1CCSc2ccc(OC)cc21. The van der Waals surface area contributed by atoms with Crippen molar-refractivity contribution in [3.8, 4) is 5.75 Å². The van der Waals surface area contributed by atoms with Gasteiger partial charge in [0, 0.05) is 11.4 Å². The molecule has 0 aromatic heterocycles. The summed E-state index contributed by atoms with van der Waals surface area (Å²) in [5.74, 6) is 2.84. The highest BCUT2D eigenvalue weighted by atomic mass is 32.2. The number of ether oxygens (including phenoxy) is 1. The van der Waals surface area contributed by atoms with Gasteiger partial charge in [0.25, 0.3) is 0 Å². The predicted octanol–water partition coefficient (Wildman–Crippen LogP) is 2.49. The molecule has 0 saturated carbocycles. The van der Waals surface area contributed by atoms with Crippen molar-refractivity contribution in [2.75, 3.05) is 26.5 Å². The van der Waals surface area contributed by atoms with E-state index in [1.807, 2.05) is 24.9 Å². The van der Waals surface area contributed by atoms with Gasteiger partial charge in [-0.3, -0.25) is 0 Å². The van der Waals surface area contributed by atoms with Gasteiger partial charge in [0.1, 0.15) is 5.75 Å². The van der Waals surface area contributed by atoms with Crippen molar-refractivity contribution < 1.29 is 4.74 Å². The summed E-state index contributed by atoms with van der Waals surface area (Å²) in [6, 6.07) is 6.41. The maximum Gasteiger partial charge on any atom is 0.119 e. The molecule has 1 aliphatic rings. The number of nitrogens with one attached hydrogen (secondary N) is 1. The first-order valence-corrected chi connectivity index (χ1v) is 6.29. The summed E-state index contributed by atoms with van der Waals surface area (Å²) in [5, 5.41) is 3.27. The normalized spacial score (nSPS) is 19.7. The second-order valence-electron chi connectivity index (χ2n) is 3.80. The predicted molar refractivity (Wildman–Crippen MR) is 65.0 cm³/mol. The molecule has 0 aliphatic carbocycles. The van der Waals surface area contributed by atoms with Crippen molar-refractivity contribution in [1.82, 2.24) is 5.32 Å². The zero-order valence-corrected chi connectivity index (χ0v) is 10.1. The molecule has 0 fully saturated rings. The van der Waals surface area contributed by atoms with Gasteiger partial charge < -0.3 is 10.1 Å². The van der Waals surface area contributed by atoms with Gasteiger partial charge in [0.15, 0.2) is 0 Å². The van der Waals surface area contributed by atoms with Crippen molar-refractivity contribution >= 4 is 11.8 Å². The summed E-state index contributed by atoms with van der Waals surface area (Å²) in [4.78, 5) is 1.42. The molecule has 1 heterocycles. The van der Waals surface area contributed by atoms with Gasteiger partial charge in [-0.25, -0.2) is 0 Å². The molecule has 82 valence electrons. The van der Waals surface area contributed by atoms with E-state index in [0.717, 1.165) is 12.3 Å². The first-order chi connectivity index (χ1) is 7.35. The molecule has 2 nitrogen and oxygen atoms in total. The quantitative estimate of drug-likeness (QED) is 0.850. The summed E-state index contributed by atoms with van der Waals surface area (Å²) < 4.78 is 5.28. The Hall–Kier alpha value is -0.670. The molecule has 2 rings (SSSR count). The Morgan fingerprint density at radius 1 is 1.53 bits per heavy atom. The van der Waals surface area contributed by atoms with Crippen LogP contribution < -0.4 is 10.1 Å². The summed E-state index contributed by atoms with van der Waals surface area (Å²) in [6.07, 6.45) is 1.26. The van der Waals surface area contributed by atoms with Crippen molar-refractivity contribution in [3.05, 3.63) is 23.8 Å². The molecule has 15 heavy (non-hydrogen) atoms. The second-order valence-corrected chi connectivity index (χ2v) is 4.93. The Kier molecular flexibility index (Phi) is 3.54. The fraction of sp³-hybridized carbons (Fsp3) is 0.500. The number of benzene rings is 1. The third-order valence-electron chi connectivity index (χ3n) is 2.83. The van der Waals surface area contributed by atoms with Gasteiger partial charge in [-0.1, -0.05) is 0 Å². The van der Waals surface area contributed by atoms with Crippen LogP contribution in [0.2, 0.25) is 0 Å². The van der Waals surface area contributed by atoms with Gasteiger partial charge >= 0.3 is 0 Å². The molecule has 1 unspecified atom stereocenters. The van der Waals surface area contributed by atoms with Crippen LogP contribution in [0.25, 0.3) is 0 Å². The summed E-state index contributed by atoms with van der Waals surface area (Å²) in [7, 11) is 3.74. The fourth-order valence-electron chi connectivity index (χ4n) is 2.03. The minimum absolute atomic E-state index is 0.640. The van der Waals surface area contributed by atoms with Gasteiger partial charge in [0.2, 0.25) is 0 Å². The molecule has 1 aromatic rings. The third-order valence-corrected chi connectivity index (χ3v) is 3.95. The molecular formula is C12H17NOS. The van der Waals surface area contributed by atoms with Crippen LogP contribution in [0.15, 0.2) is 23.1 Å². The van der Waals surface area contributed by atoms with Crippen molar-refractivity contribution in [1.29, 1.82) is 0 Å². The molecule has 0 bridgehead atoms. The Bertz CT molecular complexity index is 340. The second kappa shape index (κ2) is 4.90. The number of likely N-dealkylation sites (N-methyl/N-ethyl adjacent to an activating group) is 1. The first-order valence-electron chi connectivity index (χ1n) is 5.30. The lowest BCUT2D eigenvalue weighted by molar-refractivity contribution is 0.413. The van der Waals surface area contributed by atoms with Crippen LogP contribution in [0.3, 0.4) is 0 Å². The maximum absolute atomic E-state index is 5.28. The van der Waals surface area contributed by atoms with Gasteiger partial charge in [0.05, 0.1) is 7.11 Å². The summed E-state index contributed by atoms with van der Waals surface area (Å²) in [6.45, 7) is 1.06. The lowest BCUT2D eigenvalue weighted by Crippen LogP contribution is -2.20. The molecule has 0 saturated heterocycles. The van der Waals surface area contributed by atoms with E-state index in [9.17, 15) is 0 Å². The molecule has 1 N–H and O–H groups in total. The molecule has 1 atom stereocenters. The average Bonchev–Trinajstić information content (AvgIpc) is 2.29. The molecule has 3 heteroatoms. The number of methoxy groups -OCH3 is 1. The number of hydrogen-bond donors (Lipinski definition) is 1. The minimum Gasteiger partial charge on any atom is -0.497 e. The zero-order valence-electron chi connectivity index (χ0n) is 9.25. The van der Waals surface area contributed by atoms with E-state index in [4.69, 9.17) is 4.74 Å². The Balaban J connectivity index is 2.30. The number of thioether (sulfide) groups is 1. The highest BCUT2D eigenvalue weighted by Crippen LogP contribution is 2.38. The van der Waals surface area contributed by atoms with E-state index in [1.54, 1.807) is 7.11 Å². The number of fused-ring (bicyclic) bond motifs is 1. The molecule has 1 aromatic carbocycles. The highest BCUT2D eigenvalue weighted by Gasteiger charge is 2.20. The molecule has 0 spiro atoms. The third kappa shape index (κ3) is 2.29. The van der Waals surface area contributed by atoms with E-state index in [1.165, 1.54) is 22.6 Å². The molecule has 0 radical (unpaired) electrons.